The molecule has 552 valence electrons. The van der Waals surface area contributed by atoms with Crippen molar-refractivity contribution in [2.45, 2.75) is 100 Å². The molecule has 3 aliphatic rings. The molecule has 3 saturated heterocycles. The van der Waals surface area contributed by atoms with Crippen molar-refractivity contribution in [1.29, 1.82) is 0 Å². The number of aryl methyl sites for hydroxylation is 3. The zero-order chi connectivity index (χ0) is 74.4. The fourth-order valence-corrected chi connectivity index (χ4v) is 15.0. The summed E-state index contributed by atoms with van der Waals surface area (Å²) in [6, 6.07) is 71.8. The molecule has 3 fully saturated rings. The van der Waals surface area contributed by atoms with E-state index in [1.165, 1.54) is 74.3 Å². The highest BCUT2D eigenvalue weighted by atomic mass is 19.1. The molecule has 0 radical (unpaired) electrons. The van der Waals surface area contributed by atoms with Crippen molar-refractivity contribution in [2.24, 2.45) is 0 Å². The van der Waals surface area contributed by atoms with E-state index in [4.69, 9.17) is 0 Å². The quantitative estimate of drug-likeness (QED) is 0.0588. The minimum Gasteiger partial charge on any atom is -0.339 e. The van der Waals surface area contributed by atoms with Crippen LogP contribution < -0.4 is 0 Å². The predicted molar refractivity (Wildman–Crippen MR) is 420 cm³/mol. The molecule has 12 nitrogen and oxygen atoms in total. The molecule has 9 aromatic carbocycles. The van der Waals surface area contributed by atoms with Crippen LogP contribution in [0.15, 0.2) is 218 Å². The van der Waals surface area contributed by atoms with Crippen molar-refractivity contribution in [3.05, 3.63) is 319 Å². The van der Waals surface area contributed by atoms with Crippen LogP contribution in [-0.2, 0) is 19.6 Å². The number of carbonyl (C=O) groups excluding carboxylic acids is 3. The maximum Gasteiger partial charge on any atom is 0.253 e. The second-order valence-corrected chi connectivity index (χ2v) is 28.0. The summed E-state index contributed by atoms with van der Waals surface area (Å²) in [4.78, 5) is 58.7. The van der Waals surface area contributed by atoms with Crippen LogP contribution in [0.25, 0.3) is 0 Å². The maximum atomic E-state index is 14.2. The van der Waals surface area contributed by atoms with Crippen molar-refractivity contribution in [3.8, 4) is 0 Å². The summed E-state index contributed by atoms with van der Waals surface area (Å²) in [6.45, 7) is 36.0. The number of piperazine rings is 3. The summed E-state index contributed by atoms with van der Waals surface area (Å²) < 4.78 is 41.0. The van der Waals surface area contributed by atoms with Crippen molar-refractivity contribution in [2.75, 3.05) is 118 Å². The zero-order valence-corrected chi connectivity index (χ0v) is 63.2. The first kappa shape index (κ1) is 78.5. The van der Waals surface area contributed by atoms with Crippen LogP contribution in [0.4, 0.5) is 13.2 Å². The molecule has 0 aromatic heterocycles. The summed E-state index contributed by atoms with van der Waals surface area (Å²) >= 11 is 0. The SMILES string of the molecule is CCN(CC)C(=O)c1ccc([C@H](c2cccc(C)c2)N2CCN(Cc3ccc(F)cc3)CC2)cc1.CCN(CC)C(=O)c1ccc([C@H](c2cccc(C)c2)N2CCN(Cc3cccc(F)c3)CC2)cc1.CCN(CC)C(=O)c1ccc([C@H](c2cccc(C)c2)N2CCN(Cc3ccccc3F)CC2)cc1. The highest BCUT2D eigenvalue weighted by Gasteiger charge is 2.31. The van der Waals surface area contributed by atoms with Gasteiger partial charge >= 0.3 is 0 Å². The Balaban J connectivity index is 0.000000169. The van der Waals surface area contributed by atoms with Gasteiger partial charge in [0.1, 0.15) is 17.5 Å². The fourth-order valence-electron chi connectivity index (χ4n) is 15.0. The minimum absolute atomic E-state index is 0.0791. The smallest absolute Gasteiger partial charge is 0.253 e. The maximum absolute atomic E-state index is 14.2. The molecule has 0 saturated carbocycles. The molecule has 3 aliphatic heterocycles. The average molecular weight is 1420 g/mol. The van der Waals surface area contributed by atoms with Crippen LogP contribution in [-0.4, -0.2) is 180 Å². The molecule has 3 amide bonds. The summed E-state index contributed by atoms with van der Waals surface area (Å²) in [6.07, 6.45) is 0. The lowest BCUT2D eigenvalue weighted by molar-refractivity contribution is 0.0765. The van der Waals surface area contributed by atoms with Gasteiger partial charge in [-0.05, 0) is 174 Å². The number of rotatable bonds is 24. The van der Waals surface area contributed by atoms with Gasteiger partial charge in [-0.25, -0.2) is 13.2 Å². The number of nitrogens with zero attached hydrogens (tertiary/aromatic N) is 9. The minimum atomic E-state index is -0.190. The Labute approximate surface area is 623 Å². The van der Waals surface area contributed by atoms with Crippen LogP contribution >= 0.6 is 0 Å². The second-order valence-electron chi connectivity index (χ2n) is 28.0. The third-order valence-corrected chi connectivity index (χ3v) is 20.9. The van der Waals surface area contributed by atoms with Gasteiger partial charge < -0.3 is 14.7 Å². The van der Waals surface area contributed by atoms with Crippen molar-refractivity contribution >= 4 is 17.7 Å². The van der Waals surface area contributed by atoms with E-state index in [9.17, 15) is 27.6 Å². The van der Waals surface area contributed by atoms with Gasteiger partial charge in [0.05, 0.1) is 18.1 Å². The number of hydrogen-bond donors (Lipinski definition) is 0. The Morgan fingerprint density at radius 1 is 0.314 bits per heavy atom. The predicted octanol–water partition coefficient (Wildman–Crippen LogP) is 16.6. The number of carbonyl (C=O) groups is 3. The van der Waals surface area contributed by atoms with Crippen molar-refractivity contribution in [1.82, 2.24) is 44.1 Å². The number of amides is 3. The molecule has 0 N–H and O–H groups in total. The Morgan fingerprint density at radius 3 is 0.962 bits per heavy atom. The topological polar surface area (TPSA) is 80.4 Å². The Hall–Kier alpha value is -9.06. The third-order valence-electron chi connectivity index (χ3n) is 20.9. The normalized spacial score (nSPS) is 15.7. The van der Waals surface area contributed by atoms with Crippen LogP contribution in [0.3, 0.4) is 0 Å². The summed E-state index contributed by atoms with van der Waals surface area (Å²) in [5.41, 5.74) is 16.2. The van der Waals surface area contributed by atoms with E-state index in [1.807, 2.05) is 123 Å². The van der Waals surface area contributed by atoms with Gasteiger partial charge in [0.25, 0.3) is 17.7 Å². The van der Waals surface area contributed by atoms with Gasteiger partial charge in [-0.2, -0.15) is 0 Å². The molecular formula is C90H108F3N9O3. The monoisotopic (exact) mass is 1420 g/mol. The highest BCUT2D eigenvalue weighted by Crippen LogP contribution is 2.35. The third kappa shape index (κ3) is 21.4. The Morgan fingerprint density at radius 2 is 0.638 bits per heavy atom. The van der Waals surface area contributed by atoms with Gasteiger partial charge in [0, 0.05) is 160 Å². The van der Waals surface area contributed by atoms with E-state index in [-0.39, 0.29) is 53.3 Å². The zero-order valence-electron chi connectivity index (χ0n) is 63.2. The highest BCUT2D eigenvalue weighted by molar-refractivity contribution is 5.95. The van der Waals surface area contributed by atoms with E-state index in [0.717, 1.165) is 125 Å². The first-order chi connectivity index (χ1) is 51.0. The molecule has 0 spiro atoms. The largest absolute Gasteiger partial charge is 0.339 e. The summed E-state index contributed by atoms with van der Waals surface area (Å²) in [5, 5.41) is 0. The summed E-state index contributed by atoms with van der Waals surface area (Å²) in [7, 11) is 0. The molecule has 9 aromatic rings. The summed E-state index contributed by atoms with van der Waals surface area (Å²) in [5.74, 6) is -0.252. The van der Waals surface area contributed by atoms with E-state index in [1.54, 1.807) is 18.2 Å². The van der Waals surface area contributed by atoms with Crippen LogP contribution in [0.5, 0.6) is 0 Å². The van der Waals surface area contributed by atoms with E-state index >= 15 is 0 Å². The Kier molecular flexibility index (Phi) is 29.0. The molecule has 0 unspecified atom stereocenters. The Bertz CT molecular complexity index is 4200. The second kappa shape index (κ2) is 38.8. The molecule has 0 bridgehead atoms. The van der Waals surface area contributed by atoms with E-state index in [0.29, 0.717) is 45.8 Å². The number of hydrogen-bond acceptors (Lipinski definition) is 9. The lowest BCUT2D eigenvalue weighted by Crippen LogP contribution is -2.47. The van der Waals surface area contributed by atoms with Crippen LogP contribution in [0.2, 0.25) is 0 Å². The molecule has 3 heterocycles. The van der Waals surface area contributed by atoms with Gasteiger partial charge in [-0.15, -0.1) is 0 Å². The first-order valence-corrected chi connectivity index (χ1v) is 37.9. The lowest BCUT2D eigenvalue weighted by atomic mass is 9.94. The molecule has 105 heavy (non-hydrogen) atoms. The number of benzene rings is 9. The fraction of sp³-hybridized carbons (Fsp3) is 0.367. The number of halogens is 3. The van der Waals surface area contributed by atoms with Crippen molar-refractivity contribution in [3.63, 3.8) is 0 Å². The molecule has 3 atom stereocenters. The standard InChI is InChI=1S/3C30H36FN3O/c1-4-33(5-2)30(35)26-14-12-25(13-15-26)29(27-10-6-8-23(3)20-27)34-18-16-32(17-19-34)22-24-9-7-11-28(31)21-24;1-4-33(5-2)30(35)25-15-13-24(14-16-25)29(26-11-8-9-23(3)21-26)34-19-17-32(18-20-34)22-27-10-6-7-12-28(27)31;1-4-33(5-2)30(35)26-13-11-25(12-14-26)29(27-8-6-7-23(3)21-27)34-19-17-32(18-20-34)22-24-9-15-28(31)16-10-24/h6-15,20-21,29H,4-5,16-19,22H2,1-3H3;2*6-16,21,29H,4-5,17-20,22H2,1-3H3/t3*29-/m111/s1. The molecule has 12 rings (SSSR count). The molecular weight excluding hydrogens is 1310 g/mol. The van der Waals surface area contributed by atoms with Crippen LogP contribution in [0.1, 0.15) is 158 Å². The van der Waals surface area contributed by atoms with E-state index in [2.05, 4.69) is 159 Å². The van der Waals surface area contributed by atoms with E-state index < -0.39 is 0 Å². The van der Waals surface area contributed by atoms with Gasteiger partial charge in [0.2, 0.25) is 0 Å². The van der Waals surface area contributed by atoms with Crippen molar-refractivity contribution < 1.29 is 27.6 Å². The van der Waals surface area contributed by atoms with Gasteiger partial charge in [-0.1, -0.05) is 168 Å². The van der Waals surface area contributed by atoms with Crippen LogP contribution in [0, 0.1) is 38.2 Å². The molecule has 15 heteroatoms. The average Bonchev–Trinajstić information content (AvgIpc) is 0.810. The lowest BCUT2D eigenvalue weighted by Gasteiger charge is -2.40. The molecule has 0 aliphatic carbocycles. The van der Waals surface area contributed by atoms with Gasteiger partial charge in [0.15, 0.2) is 0 Å². The first-order valence-electron chi connectivity index (χ1n) is 37.9. The van der Waals surface area contributed by atoms with Gasteiger partial charge in [-0.3, -0.25) is 43.8 Å².